The van der Waals surface area contributed by atoms with Crippen LogP contribution < -0.4 is 4.72 Å². The molecule has 1 spiro atoms. The van der Waals surface area contributed by atoms with Crippen molar-refractivity contribution in [1.29, 1.82) is 0 Å². The number of nitrogens with zero attached hydrogens (tertiary/aromatic N) is 4. The molecule has 1 amide bonds. The molecule has 30 heavy (non-hydrogen) atoms. The molecule has 2 fully saturated rings. The van der Waals surface area contributed by atoms with E-state index in [-0.39, 0.29) is 11.4 Å². The summed E-state index contributed by atoms with van der Waals surface area (Å²) >= 11 is 12.2. The first-order valence-electron chi connectivity index (χ1n) is 9.73. The second-order valence-corrected chi connectivity index (χ2v) is 11.5. The van der Waals surface area contributed by atoms with Gasteiger partial charge in [0.2, 0.25) is 0 Å². The van der Waals surface area contributed by atoms with E-state index in [1.807, 2.05) is 23.1 Å². The number of hydrogen-bond acceptors (Lipinski definition) is 4. The minimum Gasteiger partial charge on any atom is -0.322 e. The molecule has 0 saturated carbocycles. The van der Waals surface area contributed by atoms with Crippen LogP contribution in [0.25, 0.3) is 0 Å². The maximum Gasteiger partial charge on any atom is 0.344 e. The van der Waals surface area contributed by atoms with Gasteiger partial charge in [-0.3, -0.25) is 4.90 Å². The van der Waals surface area contributed by atoms with Gasteiger partial charge in [-0.15, -0.1) is 0 Å². The van der Waals surface area contributed by atoms with Gasteiger partial charge in [0.1, 0.15) is 0 Å². The molecule has 2 aromatic rings. The molecule has 162 valence electrons. The van der Waals surface area contributed by atoms with Gasteiger partial charge in [-0.1, -0.05) is 29.3 Å². The molecule has 4 rings (SSSR count). The topological polar surface area (TPSA) is 70.5 Å². The maximum atomic E-state index is 12.9. The Balaban J connectivity index is 1.37. The summed E-state index contributed by atoms with van der Waals surface area (Å²) in [5, 5.41) is 5.26. The predicted molar refractivity (Wildman–Crippen MR) is 123 cm³/mol. The van der Waals surface area contributed by atoms with Gasteiger partial charge in [-0.25, -0.2) is 9.00 Å². The summed E-state index contributed by atoms with van der Waals surface area (Å²) in [6.45, 7) is 4.19. The smallest absolute Gasteiger partial charge is 0.322 e. The molecule has 2 aliphatic heterocycles. The number of aromatic nitrogens is 2. The van der Waals surface area contributed by atoms with Gasteiger partial charge < -0.3 is 9.62 Å². The molecule has 2 saturated heterocycles. The van der Waals surface area contributed by atoms with Crippen LogP contribution in [0.3, 0.4) is 0 Å². The Kier molecular flexibility index (Phi) is 5.78. The van der Waals surface area contributed by atoms with Crippen molar-refractivity contribution >= 4 is 50.5 Å². The molecule has 2 unspecified atom stereocenters. The Bertz CT molecular complexity index is 1070. The summed E-state index contributed by atoms with van der Waals surface area (Å²) in [5.41, 5.74) is 1.78. The molecule has 0 radical (unpaired) electrons. The van der Waals surface area contributed by atoms with Crippen LogP contribution in [-0.2, 0) is 16.3 Å². The fourth-order valence-corrected chi connectivity index (χ4v) is 5.29. The molecule has 0 aliphatic carbocycles. The number of carbonyl (C=O) groups is 1. The highest BCUT2D eigenvalue weighted by Crippen LogP contribution is 2.40. The van der Waals surface area contributed by atoms with Gasteiger partial charge in [-0.05, 0) is 43.0 Å². The highest BCUT2D eigenvalue weighted by Gasteiger charge is 2.45. The van der Waals surface area contributed by atoms with E-state index in [0.29, 0.717) is 28.8 Å². The van der Waals surface area contributed by atoms with Crippen LogP contribution in [-0.4, -0.2) is 68.1 Å². The zero-order chi connectivity index (χ0) is 21.5. The molecule has 3 heterocycles. The van der Waals surface area contributed by atoms with Gasteiger partial charge in [0.15, 0.2) is 0 Å². The summed E-state index contributed by atoms with van der Waals surface area (Å²) in [6, 6.07) is 5.60. The number of amides is 1. The van der Waals surface area contributed by atoms with E-state index in [9.17, 15) is 9.00 Å². The second kappa shape index (κ2) is 8.07. The molecule has 0 bridgehead atoms. The van der Waals surface area contributed by atoms with E-state index in [1.165, 1.54) is 17.1 Å². The third kappa shape index (κ3) is 4.77. The lowest BCUT2D eigenvalue weighted by molar-refractivity contribution is 0.196. The van der Waals surface area contributed by atoms with Gasteiger partial charge in [0, 0.05) is 47.6 Å². The zero-order valence-corrected chi connectivity index (χ0v) is 19.1. The monoisotopic (exact) mass is 469 g/mol. The fourth-order valence-electron chi connectivity index (χ4n) is 4.36. The van der Waals surface area contributed by atoms with Crippen molar-refractivity contribution < 1.29 is 9.00 Å². The number of halogens is 2. The first kappa shape index (κ1) is 21.5. The molecular weight excluding hydrogens is 445 g/mol. The summed E-state index contributed by atoms with van der Waals surface area (Å²) in [6.07, 6.45) is 6.59. The molecule has 2 atom stereocenters. The van der Waals surface area contributed by atoms with E-state index >= 15 is 0 Å². The standard InChI is InChI=1S/C20H25Cl2N5O2S/c1-30(2,29)24-16-10-23-27(12-16)19(28)26-8-6-20(14-26)5-7-25(13-20)11-15-3-4-17(21)18(22)9-15/h3-4,9-10,12H,1,5-8,11,13-14H2,2H3,(H,24,29). The van der Waals surface area contributed by atoms with Crippen molar-refractivity contribution in [1.82, 2.24) is 19.6 Å². The first-order chi connectivity index (χ1) is 14.1. The minimum atomic E-state index is -2.41. The zero-order valence-electron chi connectivity index (χ0n) is 16.8. The normalized spacial score (nSPS) is 23.8. The van der Waals surface area contributed by atoms with E-state index in [1.54, 1.807) is 6.20 Å². The number of nitrogens with one attached hydrogen (secondary N) is 1. The van der Waals surface area contributed by atoms with E-state index in [4.69, 9.17) is 23.2 Å². The summed E-state index contributed by atoms with van der Waals surface area (Å²) in [4.78, 5) is 17.1. The molecule has 1 aromatic carbocycles. The van der Waals surface area contributed by atoms with Gasteiger partial charge in [0.05, 0.1) is 28.1 Å². The van der Waals surface area contributed by atoms with Crippen LogP contribution in [0.1, 0.15) is 18.4 Å². The Labute approximate surface area is 187 Å². The SMILES string of the molecule is C=S(C)(=O)Nc1cnn(C(=O)N2CCC3(CCN(Cc4ccc(Cl)c(Cl)c4)C3)C2)c1. The Morgan fingerprint density at radius 3 is 2.77 bits per heavy atom. The van der Waals surface area contributed by atoms with Crippen molar-refractivity contribution in [2.75, 3.05) is 37.2 Å². The van der Waals surface area contributed by atoms with Crippen molar-refractivity contribution in [2.24, 2.45) is 5.41 Å². The third-order valence-electron chi connectivity index (χ3n) is 5.73. The lowest BCUT2D eigenvalue weighted by atomic mass is 9.86. The largest absolute Gasteiger partial charge is 0.344 e. The van der Waals surface area contributed by atoms with Crippen molar-refractivity contribution in [3.05, 3.63) is 46.2 Å². The van der Waals surface area contributed by atoms with E-state index in [2.05, 4.69) is 20.6 Å². The first-order valence-corrected chi connectivity index (χ1v) is 12.6. The van der Waals surface area contributed by atoms with Crippen LogP contribution >= 0.6 is 23.2 Å². The number of hydrogen-bond donors (Lipinski definition) is 1. The maximum absolute atomic E-state index is 12.9. The van der Waals surface area contributed by atoms with Crippen molar-refractivity contribution in [3.63, 3.8) is 0 Å². The highest BCUT2D eigenvalue weighted by molar-refractivity contribution is 8.00. The lowest BCUT2D eigenvalue weighted by Crippen LogP contribution is -2.36. The highest BCUT2D eigenvalue weighted by atomic mass is 35.5. The van der Waals surface area contributed by atoms with Gasteiger partial charge >= 0.3 is 6.03 Å². The number of benzene rings is 1. The predicted octanol–water partition coefficient (Wildman–Crippen LogP) is 3.43. The molecular formula is C20H25Cl2N5O2S. The summed E-state index contributed by atoms with van der Waals surface area (Å²) in [7, 11) is -2.41. The fraction of sp³-hybridized carbons (Fsp3) is 0.450. The van der Waals surface area contributed by atoms with Crippen LogP contribution in [0.5, 0.6) is 0 Å². The van der Waals surface area contributed by atoms with Crippen LogP contribution in [0.4, 0.5) is 10.5 Å². The van der Waals surface area contributed by atoms with Gasteiger partial charge in [0.25, 0.3) is 0 Å². The van der Waals surface area contributed by atoms with Gasteiger partial charge in [-0.2, -0.15) is 9.78 Å². The number of rotatable bonds is 4. The second-order valence-electron chi connectivity index (χ2n) is 8.44. The van der Waals surface area contributed by atoms with E-state index < -0.39 is 9.71 Å². The summed E-state index contributed by atoms with van der Waals surface area (Å²) < 4.78 is 15.9. The number of anilines is 1. The lowest BCUT2D eigenvalue weighted by Gasteiger charge is -2.24. The number of carbonyl (C=O) groups excluding carboxylic acids is 1. The Morgan fingerprint density at radius 2 is 2.03 bits per heavy atom. The average Bonchev–Trinajstić information content (AvgIpc) is 3.38. The summed E-state index contributed by atoms with van der Waals surface area (Å²) in [5.74, 6) is 3.56. The molecule has 1 aromatic heterocycles. The van der Waals surface area contributed by atoms with Crippen molar-refractivity contribution in [3.8, 4) is 0 Å². The molecule has 10 heteroatoms. The molecule has 2 aliphatic rings. The quantitative estimate of drug-likeness (QED) is 0.696. The third-order valence-corrected chi connectivity index (χ3v) is 7.14. The molecule has 7 nitrogen and oxygen atoms in total. The van der Waals surface area contributed by atoms with Crippen LogP contribution in [0.15, 0.2) is 30.6 Å². The Morgan fingerprint density at radius 1 is 1.27 bits per heavy atom. The van der Waals surface area contributed by atoms with E-state index in [0.717, 1.165) is 38.0 Å². The number of likely N-dealkylation sites (tertiary alicyclic amines) is 2. The molecule has 1 N–H and O–H groups in total. The minimum absolute atomic E-state index is 0.116. The van der Waals surface area contributed by atoms with Crippen LogP contribution in [0.2, 0.25) is 10.0 Å². The Hall–Kier alpha value is -1.74. The average molecular weight is 470 g/mol. The van der Waals surface area contributed by atoms with Crippen molar-refractivity contribution in [2.45, 2.75) is 19.4 Å². The van der Waals surface area contributed by atoms with Crippen LogP contribution in [0, 0.1) is 5.41 Å².